The van der Waals surface area contributed by atoms with E-state index < -0.39 is 0 Å². The minimum atomic E-state index is -0.356. The van der Waals surface area contributed by atoms with E-state index in [4.69, 9.17) is 4.74 Å². The highest BCUT2D eigenvalue weighted by Crippen LogP contribution is 2.15. The van der Waals surface area contributed by atoms with Crippen LogP contribution in [-0.2, 0) is 9.59 Å². The molecule has 0 saturated carbocycles. The lowest BCUT2D eigenvalue weighted by molar-refractivity contribution is -0.123. The number of carbonyl (C=O) groups is 2. The van der Waals surface area contributed by atoms with Crippen LogP contribution in [0.1, 0.15) is 37.8 Å². The summed E-state index contributed by atoms with van der Waals surface area (Å²) >= 11 is 0. The molecule has 2 N–H and O–H groups in total. The van der Waals surface area contributed by atoms with Crippen LogP contribution in [0, 0.1) is 0 Å². The molecule has 0 aliphatic carbocycles. The Morgan fingerprint density at radius 2 is 1.73 bits per heavy atom. The maximum Gasteiger partial charge on any atom is 0.277 e. The van der Waals surface area contributed by atoms with Crippen molar-refractivity contribution in [3.05, 3.63) is 59.7 Å². The second kappa shape index (κ2) is 9.36. The number of benzene rings is 2. The number of hydrogen-bond donors (Lipinski definition) is 2. The van der Waals surface area contributed by atoms with Crippen molar-refractivity contribution in [3.63, 3.8) is 0 Å². The molecule has 6 heteroatoms. The van der Waals surface area contributed by atoms with Crippen LogP contribution in [0.2, 0.25) is 0 Å². The second-order valence-electron chi connectivity index (χ2n) is 6.11. The molecule has 0 aliphatic rings. The number of hydrogen-bond acceptors (Lipinski definition) is 4. The monoisotopic (exact) mass is 353 g/mol. The largest absolute Gasteiger partial charge is 0.484 e. The normalized spacial score (nSPS) is 10.8. The van der Waals surface area contributed by atoms with Gasteiger partial charge in [0, 0.05) is 12.6 Å². The molecule has 2 aromatic rings. The van der Waals surface area contributed by atoms with Gasteiger partial charge in [-0.2, -0.15) is 5.10 Å². The standard InChI is InChI=1S/C20H23N3O3/c1-14(2)17-6-4-16(5-7-17)12-21-23-20(25)13-26-19-10-8-18(9-11-19)22-15(3)24/h4-12,14H,13H2,1-3H3,(H,22,24)(H,23,25). The van der Waals surface area contributed by atoms with Crippen LogP contribution in [0.3, 0.4) is 0 Å². The van der Waals surface area contributed by atoms with Gasteiger partial charge in [-0.05, 0) is 41.3 Å². The number of hydrazone groups is 1. The number of anilines is 1. The SMILES string of the molecule is CC(=O)Nc1ccc(OCC(=O)NN=Cc2ccc(C(C)C)cc2)cc1. The Kier molecular flexibility index (Phi) is 6.91. The van der Waals surface area contributed by atoms with Crippen molar-refractivity contribution in [1.29, 1.82) is 0 Å². The molecule has 26 heavy (non-hydrogen) atoms. The van der Waals surface area contributed by atoms with Crippen LogP contribution in [0.4, 0.5) is 5.69 Å². The maximum absolute atomic E-state index is 11.8. The molecule has 0 heterocycles. The molecular weight excluding hydrogens is 330 g/mol. The topological polar surface area (TPSA) is 79.8 Å². The van der Waals surface area contributed by atoms with Crippen LogP contribution < -0.4 is 15.5 Å². The predicted octanol–water partition coefficient (Wildman–Crippen LogP) is 3.30. The highest BCUT2D eigenvalue weighted by molar-refractivity contribution is 5.88. The summed E-state index contributed by atoms with van der Waals surface area (Å²) in [5, 5.41) is 6.58. The fourth-order valence-corrected chi connectivity index (χ4v) is 2.16. The fourth-order valence-electron chi connectivity index (χ4n) is 2.16. The van der Waals surface area contributed by atoms with Crippen LogP contribution in [-0.4, -0.2) is 24.6 Å². The van der Waals surface area contributed by atoms with Gasteiger partial charge in [-0.3, -0.25) is 9.59 Å². The van der Waals surface area contributed by atoms with Gasteiger partial charge in [-0.15, -0.1) is 0 Å². The van der Waals surface area contributed by atoms with Gasteiger partial charge in [-0.25, -0.2) is 5.43 Å². The molecule has 2 aromatic carbocycles. The van der Waals surface area contributed by atoms with Crippen molar-refractivity contribution in [1.82, 2.24) is 5.43 Å². The Morgan fingerprint density at radius 1 is 1.08 bits per heavy atom. The molecule has 0 unspecified atom stereocenters. The van der Waals surface area contributed by atoms with Gasteiger partial charge < -0.3 is 10.1 Å². The molecule has 2 rings (SSSR count). The lowest BCUT2D eigenvalue weighted by atomic mass is 10.0. The van der Waals surface area contributed by atoms with Crippen LogP contribution in [0.25, 0.3) is 0 Å². The first-order chi connectivity index (χ1) is 12.4. The van der Waals surface area contributed by atoms with Gasteiger partial charge in [0.2, 0.25) is 5.91 Å². The van der Waals surface area contributed by atoms with Crippen molar-refractivity contribution in [2.24, 2.45) is 5.10 Å². The van der Waals surface area contributed by atoms with E-state index in [1.54, 1.807) is 30.5 Å². The van der Waals surface area contributed by atoms with E-state index in [-0.39, 0.29) is 18.4 Å². The molecule has 0 fully saturated rings. The van der Waals surface area contributed by atoms with E-state index >= 15 is 0 Å². The van der Waals surface area contributed by atoms with Crippen LogP contribution in [0.15, 0.2) is 53.6 Å². The van der Waals surface area contributed by atoms with Gasteiger partial charge in [0.15, 0.2) is 6.61 Å². The lowest BCUT2D eigenvalue weighted by Gasteiger charge is -2.07. The second-order valence-corrected chi connectivity index (χ2v) is 6.11. The summed E-state index contributed by atoms with van der Waals surface area (Å²) in [6.07, 6.45) is 1.59. The van der Waals surface area contributed by atoms with E-state index in [0.717, 1.165) is 5.56 Å². The highest BCUT2D eigenvalue weighted by Gasteiger charge is 2.02. The molecule has 136 valence electrons. The number of carbonyl (C=O) groups excluding carboxylic acids is 2. The summed E-state index contributed by atoms with van der Waals surface area (Å²) in [6.45, 7) is 5.56. The molecule has 6 nitrogen and oxygen atoms in total. The van der Waals surface area contributed by atoms with E-state index in [9.17, 15) is 9.59 Å². The van der Waals surface area contributed by atoms with Crippen molar-refractivity contribution in [2.75, 3.05) is 11.9 Å². The van der Waals surface area contributed by atoms with E-state index in [1.807, 2.05) is 24.3 Å². The van der Waals surface area contributed by atoms with Crippen molar-refractivity contribution in [3.8, 4) is 5.75 Å². The lowest BCUT2D eigenvalue weighted by Crippen LogP contribution is -2.24. The predicted molar refractivity (Wildman–Crippen MR) is 103 cm³/mol. The summed E-state index contributed by atoms with van der Waals surface area (Å²) in [5.41, 5.74) is 5.25. The first kappa shape index (κ1) is 19.2. The zero-order chi connectivity index (χ0) is 18.9. The summed E-state index contributed by atoms with van der Waals surface area (Å²) in [7, 11) is 0. The molecule has 0 aromatic heterocycles. The molecule has 0 saturated heterocycles. The highest BCUT2D eigenvalue weighted by atomic mass is 16.5. The number of nitrogens with zero attached hydrogens (tertiary/aromatic N) is 1. The van der Waals surface area contributed by atoms with Gasteiger partial charge in [0.05, 0.1) is 6.21 Å². The molecule has 0 bridgehead atoms. The smallest absolute Gasteiger partial charge is 0.277 e. The summed E-state index contributed by atoms with van der Waals surface area (Å²) in [6, 6.07) is 14.8. The average Bonchev–Trinajstić information content (AvgIpc) is 2.61. The zero-order valence-corrected chi connectivity index (χ0v) is 15.2. The minimum absolute atomic E-state index is 0.144. The average molecular weight is 353 g/mol. The Morgan fingerprint density at radius 3 is 2.31 bits per heavy atom. The maximum atomic E-state index is 11.8. The minimum Gasteiger partial charge on any atom is -0.484 e. The Bertz CT molecular complexity index is 766. The molecule has 0 atom stereocenters. The van der Waals surface area contributed by atoms with Gasteiger partial charge in [-0.1, -0.05) is 38.1 Å². The van der Waals surface area contributed by atoms with Crippen molar-refractivity contribution >= 4 is 23.7 Å². The van der Waals surface area contributed by atoms with Gasteiger partial charge in [0.1, 0.15) is 5.75 Å². The molecule has 0 spiro atoms. The molecule has 0 radical (unpaired) electrons. The zero-order valence-electron chi connectivity index (χ0n) is 15.2. The summed E-state index contributed by atoms with van der Waals surface area (Å²) in [5.74, 6) is 0.508. The fraction of sp³-hybridized carbons (Fsp3) is 0.250. The Balaban J connectivity index is 1.77. The molecule has 2 amide bonds. The third-order valence-electron chi connectivity index (χ3n) is 3.55. The van der Waals surface area contributed by atoms with Crippen molar-refractivity contribution in [2.45, 2.75) is 26.7 Å². The van der Waals surface area contributed by atoms with E-state index in [2.05, 4.69) is 29.7 Å². The van der Waals surface area contributed by atoms with Gasteiger partial charge in [0.25, 0.3) is 5.91 Å². The quantitative estimate of drug-likeness (QED) is 0.592. The Labute approximate surface area is 153 Å². The summed E-state index contributed by atoms with van der Waals surface area (Å²) in [4.78, 5) is 22.7. The van der Waals surface area contributed by atoms with Gasteiger partial charge >= 0.3 is 0 Å². The number of rotatable bonds is 7. The number of ether oxygens (including phenoxy) is 1. The molecule has 0 aliphatic heterocycles. The van der Waals surface area contributed by atoms with E-state index in [0.29, 0.717) is 17.4 Å². The summed E-state index contributed by atoms with van der Waals surface area (Å²) < 4.78 is 5.37. The molecular formula is C20H23N3O3. The Hall–Kier alpha value is -3.15. The van der Waals surface area contributed by atoms with Crippen LogP contribution >= 0.6 is 0 Å². The third kappa shape index (κ3) is 6.39. The van der Waals surface area contributed by atoms with E-state index in [1.165, 1.54) is 12.5 Å². The first-order valence-electron chi connectivity index (χ1n) is 8.36. The third-order valence-corrected chi connectivity index (χ3v) is 3.55. The number of nitrogens with one attached hydrogen (secondary N) is 2. The van der Waals surface area contributed by atoms with Crippen molar-refractivity contribution < 1.29 is 14.3 Å². The first-order valence-corrected chi connectivity index (χ1v) is 8.36. The number of amides is 2. The van der Waals surface area contributed by atoms with Crippen LogP contribution in [0.5, 0.6) is 5.75 Å².